The molecule has 1 aliphatic rings. The maximum absolute atomic E-state index is 4.59. The van der Waals surface area contributed by atoms with Crippen molar-refractivity contribution in [3.05, 3.63) is 36.0 Å². The van der Waals surface area contributed by atoms with Crippen molar-refractivity contribution < 1.29 is 0 Å². The fourth-order valence-corrected chi connectivity index (χ4v) is 4.51. The molecule has 5 rings (SSSR count). The third-order valence-corrected chi connectivity index (χ3v) is 5.89. The number of thiophene rings is 1. The molecule has 0 aromatic carbocycles. The Bertz CT molecular complexity index is 1070. The van der Waals surface area contributed by atoms with Gasteiger partial charge >= 0.3 is 0 Å². The van der Waals surface area contributed by atoms with Crippen LogP contribution in [0.5, 0.6) is 0 Å². The first-order valence-electron chi connectivity index (χ1n) is 8.64. The highest BCUT2D eigenvalue weighted by Gasteiger charge is 2.21. The van der Waals surface area contributed by atoms with Gasteiger partial charge in [0.25, 0.3) is 0 Å². The van der Waals surface area contributed by atoms with Gasteiger partial charge in [-0.1, -0.05) is 0 Å². The minimum absolute atomic E-state index is 0.805. The lowest BCUT2D eigenvalue weighted by molar-refractivity contribution is 0.794. The van der Waals surface area contributed by atoms with E-state index in [1.807, 2.05) is 10.6 Å². The van der Waals surface area contributed by atoms with E-state index in [0.29, 0.717) is 0 Å². The summed E-state index contributed by atoms with van der Waals surface area (Å²) < 4.78 is 3.09. The van der Waals surface area contributed by atoms with Gasteiger partial charge in [0.15, 0.2) is 5.82 Å². The summed E-state index contributed by atoms with van der Waals surface area (Å²) in [4.78, 5) is 18.2. The zero-order valence-electron chi connectivity index (χ0n) is 14.4. The highest BCUT2D eigenvalue weighted by atomic mass is 32.1. The average molecular weight is 366 g/mol. The van der Waals surface area contributed by atoms with E-state index in [1.165, 1.54) is 10.3 Å². The second-order valence-corrected chi connectivity index (χ2v) is 7.31. The highest BCUT2D eigenvalue weighted by molar-refractivity contribution is 7.18. The molecule has 5 heterocycles. The molecule has 0 spiro atoms. The van der Waals surface area contributed by atoms with Gasteiger partial charge in [0.05, 0.1) is 10.2 Å². The quantitative estimate of drug-likeness (QED) is 0.538. The topological polar surface area (TPSA) is 75.3 Å². The Labute approximate surface area is 154 Å². The van der Waals surface area contributed by atoms with Crippen LogP contribution in [-0.2, 0) is 0 Å². The largest absolute Gasteiger partial charge is 0.353 e. The fraction of sp³-hybridized carbons (Fsp3) is 0.353. The van der Waals surface area contributed by atoms with Crippen LogP contribution in [0.4, 0.5) is 11.6 Å². The number of hydrogen-bond donors (Lipinski definition) is 0. The maximum Gasteiger partial charge on any atom is 0.203 e. The third-order valence-electron chi connectivity index (χ3n) is 4.80. The first-order valence-corrected chi connectivity index (χ1v) is 9.52. The summed E-state index contributed by atoms with van der Waals surface area (Å²) in [5.41, 5.74) is 3.09. The van der Waals surface area contributed by atoms with Gasteiger partial charge in [0, 0.05) is 38.6 Å². The Morgan fingerprint density at radius 3 is 2.73 bits per heavy atom. The van der Waals surface area contributed by atoms with Crippen LogP contribution in [0, 0.1) is 6.92 Å². The Morgan fingerprint density at radius 2 is 1.85 bits per heavy atom. The lowest BCUT2D eigenvalue weighted by Gasteiger charge is -2.23. The van der Waals surface area contributed by atoms with Crippen molar-refractivity contribution in [1.29, 1.82) is 0 Å². The van der Waals surface area contributed by atoms with Gasteiger partial charge in [0.2, 0.25) is 5.65 Å². The molecule has 0 bridgehead atoms. The van der Waals surface area contributed by atoms with Crippen LogP contribution in [0.3, 0.4) is 0 Å². The van der Waals surface area contributed by atoms with Crippen LogP contribution in [0.15, 0.2) is 30.4 Å². The van der Waals surface area contributed by atoms with E-state index in [4.69, 9.17) is 0 Å². The van der Waals surface area contributed by atoms with Gasteiger partial charge in [-0.15, -0.1) is 21.5 Å². The Hall–Kier alpha value is -2.81. The molecule has 26 heavy (non-hydrogen) atoms. The van der Waals surface area contributed by atoms with Crippen molar-refractivity contribution in [3.8, 4) is 0 Å². The van der Waals surface area contributed by atoms with Crippen molar-refractivity contribution in [3.63, 3.8) is 0 Å². The molecule has 0 unspecified atom stereocenters. The molecule has 4 aromatic heterocycles. The number of nitrogens with zero attached hydrogens (tertiary/aromatic N) is 8. The Morgan fingerprint density at radius 1 is 1.00 bits per heavy atom. The second kappa shape index (κ2) is 6.17. The molecule has 8 nitrogen and oxygen atoms in total. The van der Waals surface area contributed by atoms with E-state index >= 15 is 0 Å². The Kier molecular flexibility index (Phi) is 3.66. The van der Waals surface area contributed by atoms with E-state index in [-0.39, 0.29) is 0 Å². The molecule has 0 amide bonds. The van der Waals surface area contributed by atoms with Crippen molar-refractivity contribution in [2.24, 2.45) is 0 Å². The Balaban J connectivity index is 1.44. The minimum atomic E-state index is 0.805. The molecule has 0 saturated carbocycles. The van der Waals surface area contributed by atoms with Crippen molar-refractivity contribution >= 4 is 38.8 Å². The number of fused-ring (bicyclic) bond motifs is 2. The molecule has 1 saturated heterocycles. The smallest absolute Gasteiger partial charge is 0.203 e. The molecular weight excluding hydrogens is 348 g/mol. The molecule has 0 radical (unpaired) electrons. The van der Waals surface area contributed by atoms with Crippen LogP contribution in [0.1, 0.15) is 12.0 Å². The van der Waals surface area contributed by atoms with E-state index in [2.05, 4.69) is 47.3 Å². The van der Waals surface area contributed by atoms with E-state index in [1.54, 1.807) is 30.2 Å². The van der Waals surface area contributed by atoms with Crippen LogP contribution in [0.25, 0.3) is 15.9 Å². The first kappa shape index (κ1) is 15.4. The number of aromatic nitrogens is 6. The average Bonchev–Trinajstić information content (AvgIpc) is 3.22. The van der Waals surface area contributed by atoms with Gasteiger partial charge in [-0.2, -0.15) is 0 Å². The van der Waals surface area contributed by atoms with Crippen LogP contribution in [0.2, 0.25) is 0 Å². The summed E-state index contributed by atoms with van der Waals surface area (Å²) in [7, 11) is 0. The lowest BCUT2D eigenvalue weighted by Crippen LogP contribution is -2.32. The molecule has 0 atom stereocenters. The highest BCUT2D eigenvalue weighted by Crippen LogP contribution is 2.31. The number of aryl methyl sites for hydroxylation is 1. The summed E-state index contributed by atoms with van der Waals surface area (Å²) in [6.45, 7) is 5.77. The minimum Gasteiger partial charge on any atom is -0.353 e. The zero-order chi connectivity index (χ0) is 17.5. The summed E-state index contributed by atoms with van der Waals surface area (Å²) in [5.74, 6) is 1.94. The predicted octanol–water partition coefficient (Wildman–Crippen LogP) is 2.15. The molecule has 1 aliphatic heterocycles. The maximum atomic E-state index is 4.59. The SMILES string of the molecule is Cc1csc2c(N3CCCN(c4nccn5cnnc45)CC3)ncnc12. The number of rotatable bonds is 2. The van der Waals surface area contributed by atoms with E-state index < -0.39 is 0 Å². The van der Waals surface area contributed by atoms with E-state index in [9.17, 15) is 0 Å². The van der Waals surface area contributed by atoms with Gasteiger partial charge in [-0.25, -0.2) is 15.0 Å². The molecule has 9 heteroatoms. The normalized spacial score (nSPS) is 15.7. The van der Waals surface area contributed by atoms with Gasteiger partial charge in [-0.05, 0) is 24.3 Å². The van der Waals surface area contributed by atoms with Crippen LogP contribution >= 0.6 is 11.3 Å². The molecule has 4 aromatic rings. The number of anilines is 2. The summed E-state index contributed by atoms with van der Waals surface area (Å²) in [6, 6.07) is 0. The summed E-state index contributed by atoms with van der Waals surface area (Å²) in [6.07, 6.45) is 8.10. The van der Waals surface area contributed by atoms with Crippen LogP contribution in [-0.4, -0.2) is 55.7 Å². The third kappa shape index (κ3) is 2.47. The second-order valence-electron chi connectivity index (χ2n) is 6.43. The van der Waals surface area contributed by atoms with Gasteiger partial charge in [0.1, 0.15) is 18.5 Å². The zero-order valence-corrected chi connectivity index (χ0v) is 15.2. The molecule has 0 N–H and O–H groups in total. The molecule has 132 valence electrons. The monoisotopic (exact) mass is 366 g/mol. The summed E-state index contributed by atoms with van der Waals surface area (Å²) in [5, 5.41) is 10.4. The summed E-state index contributed by atoms with van der Waals surface area (Å²) >= 11 is 1.73. The molecular formula is C17H18N8S. The van der Waals surface area contributed by atoms with Crippen molar-refractivity contribution in [2.45, 2.75) is 13.3 Å². The number of hydrogen-bond acceptors (Lipinski definition) is 8. The van der Waals surface area contributed by atoms with E-state index in [0.717, 1.165) is 55.4 Å². The molecule has 1 fully saturated rings. The molecule has 0 aliphatic carbocycles. The fourth-order valence-electron chi connectivity index (χ4n) is 3.49. The standard InChI is InChI=1S/C17H18N8S/c1-12-9-26-14-13(12)19-10-20-15(14)23-4-2-5-24(8-7-23)16-17-22-21-11-25(17)6-3-18-16/h3,6,9-11H,2,4-5,7-8H2,1H3. The van der Waals surface area contributed by atoms with Gasteiger partial charge in [-0.3, -0.25) is 4.40 Å². The van der Waals surface area contributed by atoms with Crippen molar-refractivity contribution in [1.82, 2.24) is 29.5 Å². The van der Waals surface area contributed by atoms with Crippen molar-refractivity contribution in [2.75, 3.05) is 36.0 Å². The predicted molar refractivity (Wildman–Crippen MR) is 102 cm³/mol. The lowest BCUT2D eigenvalue weighted by atomic mass is 10.3. The van der Waals surface area contributed by atoms with Gasteiger partial charge < -0.3 is 9.80 Å². The first-order chi connectivity index (χ1) is 12.8. The van der Waals surface area contributed by atoms with Crippen LogP contribution < -0.4 is 9.80 Å².